The number of carbonyl (C=O) groups is 2. The monoisotopic (exact) mass is 340 g/mol. The number of ether oxygens (including phenoxy) is 1. The Bertz CT molecular complexity index is 870. The molecule has 3 rings (SSSR count). The van der Waals surface area contributed by atoms with Gasteiger partial charge in [-0.15, -0.1) is 0 Å². The van der Waals surface area contributed by atoms with Crippen molar-refractivity contribution in [2.75, 3.05) is 20.7 Å². The maximum absolute atomic E-state index is 12.5. The van der Waals surface area contributed by atoms with Gasteiger partial charge in [-0.05, 0) is 34.6 Å². The van der Waals surface area contributed by atoms with Crippen LogP contribution in [0.3, 0.4) is 0 Å². The van der Waals surface area contributed by atoms with Gasteiger partial charge in [0.05, 0.1) is 7.11 Å². The molecule has 1 amide bonds. The molecular weight excluding hydrogens is 324 g/mol. The van der Waals surface area contributed by atoms with Gasteiger partial charge in [0, 0.05) is 7.05 Å². The average Bonchev–Trinajstić information content (AvgIpc) is 2.80. The van der Waals surface area contributed by atoms with Crippen molar-refractivity contribution in [3.63, 3.8) is 0 Å². The Hall–Kier alpha value is -2.73. The highest BCUT2D eigenvalue weighted by molar-refractivity contribution is 7.80. The number of rotatable bonds is 3. The van der Waals surface area contributed by atoms with Gasteiger partial charge < -0.3 is 9.64 Å². The minimum absolute atomic E-state index is 0.0952. The second-order valence-electron chi connectivity index (χ2n) is 5.41. The summed E-state index contributed by atoms with van der Waals surface area (Å²) < 4.78 is 4.70. The quantitative estimate of drug-likeness (QED) is 0.488. The third-order valence-corrected chi connectivity index (χ3v) is 4.46. The molecule has 1 fully saturated rings. The van der Waals surface area contributed by atoms with E-state index in [9.17, 15) is 9.59 Å². The number of likely N-dealkylation sites (N-methyl/N-ethyl adjacent to an activating group) is 1. The van der Waals surface area contributed by atoms with Crippen LogP contribution in [0.5, 0.6) is 0 Å². The Labute approximate surface area is 145 Å². The summed E-state index contributed by atoms with van der Waals surface area (Å²) in [4.78, 5) is 27.0. The van der Waals surface area contributed by atoms with Crippen LogP contribution in [0, 0.1) is 0 Å². The molecular formula is C18H16N2O3S. The first-order valence-corrected chi connectivity index (χ1v) is 7.79. The van der Waals surface area contributed by atoms with Gasteiger partial charge in [-0.3, -0.25) is 14.5 Å². The molecule has 2 aromatic rings. The summed E-state index contributed by atoms with van der Waals surface area (Å²) in [6.07, 6.45) is 1.77. The van der Waals surface area contributed by atoms with Crippen molar-refractivity contribution in [2.45, 2.75) is 0 Å². The molecule has 0 radical (unpaired) electrons. The summed E-state index contributed by atoms with van der Waals surface area (Å²) in [6.45, 7) is -0.0952. The molecule has 0 atom stereocenters. The number of nitrogens with zero attached hydrogens (tertiary/aromatic N) is 2. The number of amides is 1. The summed E-state index contributed by atoms with van der Waals surface area (Å²) in [5.41, 5.74) is 1.26. The number of methoxy groups -OCH3 is 1. The van der Waals surface area contributed by atoms with Crippen LogP contribution < -0.4 is 0 Å². The molecule has 0 spiro atoms. The van der Waals surface area contributed by atoms with Gasteiger partial charge in [0.2, 0.25) is 0 Å². The Morgan fingerprint density at radius 3 is 2.67 bits per heavy atom. The highest BCUT2D eigenvalue weighted by Gasteiger charge is 2.36. The first kappa shape index (κ1) is 16.1. The van der Waals surface area contributed by atoms with E-state index in [1.54, 1.807) is 13.1 Å². The lowest BCUT2D eigenvalue weighted by atomic mass is 10.0. The Morgan fingerprint density at radius 1 is 1.21 bits per heavy atom. The van der Waals surface area contributed by atoms with Crippen molar-refractivity contribution in [3.05, 3.63) is 53.7 Å². The number of hydrogen-bond acceptors (Lipinski definition) is 4. The van der Waals surface area contributed by atoms with Crippen LogP contribution in [-0.4, -0.2) is 47.5 Å². The molecule has 5 nitrogen and oxygen atoms in total. The largest absolute Gasteiger partial charge is 0.468 e. The van der Waals surface area contributed by atoms with Crippen LogP contribution in [0.1, 0.15) is 5.56 Å². The van der Waals surface area contributed by atoms with Gasteiger partial charge in [-0.2, -0.15) is 0 Å². The predicted octanol–water partition coefficient (Wildman–Crippen LogP) is 2.41. The summed E-state index contributed by atoms with van der Waals surface area (Å²) in [6, 6.07) is 13.8. The average molecular weight is 340 g/mol. The molecule has 0 aromatic heterocycles. The minimum atomic E-state index is -0.454. The molecule has 1 heterocycles. The molecule has 0 aliphatic carbocycles. The Kier molecular flexibility index (Phi) is 4.31. The highest BCUT2D eigenvalue weighted by Crippen LogP contribution is 2.26. The fraction of sp³-hybridized carbons (Fsp3) is 0.167. The van der Waals surface area contributed by atoms with Crippen LogP contribution in [0.2, 0.25) is 0 Å². The van der Waals surface area contributed by atoms with Crippen molar-refractivity contribution in [1.29, 1.82) is 0 Å². The highest BCUT2D eigenvalue weighted by atomic mass is 32.1. The standard InChI is InChI=1S/C18H16N2O3S/c1-19-17(22)15(20(18(19)24)11-16(21)23-2)10-13-8-5-7-12-6-3-4-9-14(12)13/h3-10H,11H2,1-2H3. The molecule has 1 saturated heterocycles. The predicted molar refractivity (Wildman–Crippen MR) is 96.0 cm³/mol. The molecule has 24 heavy (non-hydrogen) atoms. The third-order valence-electron chi connectivity index (χ3n) is 3.96. The van der Waals surface area contributed by atoms with Crippen molar-refractivity contribution in [3.8, 4) is 0 Å². The number of esters is 1. The molecule has 1 aliphatic rings. The van der Waals surface area contributed by atoms with E-state index in [4.69, 9.17) is 17.0 Å². The first-order chi connectivity index (χ1) is 11.5. The number of fused-ring (bicyclic) bond motifs is 1. The molecule has 122 valence electrons. The molecule has 2 aromatic carbocycles. The molecule has 1 aliphatic heterocycles. The second-order valence-corrected chi connectivity index (χ2v) is 5.77. The maximum Gasteiger partial charge on any atom is 0.325 e. The molecule has 0 N–H and O–H groups in total. The topological polar surface area (TPSA) is 49.9 Å². The number of carbonyl (C=O) groups excluding carboxylic acids is 2. The molecule has 0 saturated carbocycles. The maximum atomic E-state index is 12.5. The summed E-state index contributed by atoms with van der Waals surface area (Å²) in [5.74, 6) is -0.693. The first-order valence-electron chi connectivity index (χ1n) is 7.38. The lowest BCUT2D eigenvalue weighted by Crippen LogP contribution is -2.33. The fourth-order valence-electron chi connectivity index (χ4n) is 2.67. The molecule has 0 bridgehead atoms. The third kappa shape index (κ3) is 2.76. The van der Waals surface area contributed by atoms with Crippen molar-refractivity contribution >= 4 is 46.1 Å². The van der Waals surface area contributed by atoms with E-state index in [1.165, 1.54) is 16.9 Å². The van der Waals surface area contributed by atoms with Crippen LogP contribution >= 0.6 is 12.2 Å². The van der Waals surface area contributed by atoms with Gasteiger partial charge in [-0.1, -0.05) is 42.5 Å². The molecule has 0 unspecified atom stereocenters. The normalized spacial score (nSPS) is 16.3. The van der Waals surface area contributed by atoms with Crippen molar-refractivity contribution < 1.29 is 14.3 Å². The van der Waals surface area contributed by atoms with Gasteiger partial charge in [-0.25, -0.2) is 0 Å². The Morgan fingerprint density at radius 2 is 1.92 bits per heavy atom. The lowest BCUT2D eigenvalue weighted by molar-refractivity contribution is -0.140. The Balaban J connectivity index is 2.09. The summed E-state index contributed by atoms with van der Waals surface area (Å²) in [5, 5.41) is 2.39. The van der Waals surface area contributed by atoms with E-state index in [1.807, 2.05) is 42.5 Å². The zero-order valence-electron chi connectivity index (χ0n) is 13.4. The van der Waals surface area contributed by atoms with Gasteiger partial charge in [0.1, 0.15) is 12.2 Å². The van der Waals surface area contributed by atoms with Gasteiger partial charge >= 0.3 is 5.97 Å². The zero-order valence-corrected chi connectivity index (χ0v) is 14.2. The van der Waals surface area contributed by atoms with Crippen LogP contribution in [0.4, 0.5) is 0 Å². The van der Waals surface area contributed by atoms with Crippen molar-refractivity contribution in [1.82, 2.24) is 9.80 Å². The van der Waals surface area contributed by atoms with E-state index < -0.39 is 5.97 Å². The van der Waals surface area contributed by atoms with Crippen LogP contribution in [0.25, 0.3) is 16.8 Å². The van der Waals surface area contributed by atoms with E-state index in [2.05, 4.69) is 0 Å². The zero-order chi connectivity index (χ0) is 17.3. The fourth-order valence-corrected chi connectivity index (χ4v) is 2.91. The SMILES string of the molecule is COC(=O)CN1C(=S)N(C)C(=O)C1=Cc1cccc2ccccc12. The van der Waals surface area contributed by atoms with E-state index >= 15 is 0 Å². The van der Waals surface area contributed by atoms with Gasteiger partial charge in [0.25, 0.3) is 5.91 Å². The number of thiocarbonyl (C=S) groups is 1. The number of hydrogen-bond donors (Lipinski definition) is 0. The summed E-state index contributed by atoms with van der Waals surface area (Å²) >= 11 is 5.28. The number of benzene rings is 2. The van der Waals surface area contributed by atoms with E-state index in [0.717, 1.165) is 16.3 Å². The smallest absolute Gasteiger partial charge is 0.325 e. The summed E-state index contributed by atoms with van der Waals surface area (Å²) in [7, 11) is 2.90. The lowest BCUT2D eigenvalue weighted by Gasteiger charge is -2.17. The van der Waals surface area contributed by atoms with Crippen molar-refractivity contribution in [2.24, 2.45) is 0 Å². The van der Waals surface area contributed by atoms with Crippen LogP contribution in [0.15, 0.2) is 48.2 Å². The van der Waals surface area contributed by atoms with E-state index in [-0.39, 0.29) is 17.6 Å². The van der Waals surface area contributed by atoms with Gasteiger partial charge in [0.15, 0.2) is 5.11 Å². The van der Waals surface area contributed by atoms with E-state index in [0.29, 0.717) is 5.70 Å². The molecule has 6 heteroatoms. The minimum Gasteiger partial charge on any atom is -0.468 e. The van der Waals surface area contributed by atoms with Crippen LogP contribution in [-0.2, 0) is 14.3 Å². The second kappa shape index (κ2) is 6.41.